The molecule has 1 atom stereocenters. The van der Waals surface area contributed by atoms with Gasteiger partial charge in [0.1, 0.15) is 24.0 Å². The lowest BCUT2D eigenvalue weighted by molar-refractivity contribution is -0.117. The van der Waals surface area contributed by atoms with E-state index in [1.807, 2.05) is 6.07 Å². The molecule has 0 spiro atoms. The van der Waals surface area contributed by atoms with Crippen LogP contribution in [0.4, 0.5) is 10.5 Å². The third kappa shape index (κ3) is 7.54. The summed E-state index contributed by atoms with van der Waals surface area (Å²) in [6.07, 6.45) is -0.656. The highest BCUT2D eigenvalue weighted by atomic mass is 16.6. The number of alkyl carbamates (subject to hydrolysis) is 1. The van der Waals surface area contributed by atoms with Crippen LogP contribution in [0.1, 0.15) is 38.8 Å². The van der Waals surface area contributed by atoms with Gasteiger partial charge in [0.15, 0.2) is 0 Å². The molecule has 0 radical (unpaired) electrons. The quantitative estimate of drug-likeness (QED) is 0.770. The summed E-state index contributed by atoms with van der Waals surface area (Å²) >= 11 is 0. The molecule has 0 aromatic heterocycles. The number of hydrogen-bond acceptors (Lipinski definition) is 5. The molecule has 0 fully saturated rings. The first-order chi connectivity index (χ1) is 13.7. The van der Waals surface area contributed by atoms with Gasteiger partial charge in [-0.05, 0) is 57.5 Å². The van der Waals surface area contributed by atoms with Crippen molar-refractivity contribution in [3.05, 3.63) is 59.7 Å². The Balaban J connectivity index is 1.92. The summed E-state index contributed by atoms with van der Waals surface area (Å²) in [4.78, 5) is 24.1. The molecule has 0 saturated carbocycles. The Bertz CT molecular complexity index is 913. The summed E-state index contributed by atoms with van der Waals surface area (Å²) in [5.74, 6) is 0.188. The molecular formula is C22H25N3O4. The predicted octanol–water partition coefficient (Wildman–Crippen LogP) is 3.99. The van der Waals surface area contributed by atoms with Crippen molar-refractivity contribution >= 4 is 17.7 Å². The Morgan fingerprint density at radius 1 is 1.14 bits per heavy atom. The van der Waals surface area contributed by atoms with Gasteiger partial charge < -0.3 is 20.1 Å². The first-order valence-electron chi connectivity index (χ1n) is 9.18. The highest BCUT2D eigenvalue weighted by molar-refractivity contribution is 5.96. The molecule has 2 N–H and O–H groups in total. The summed E-state index contributed by atoms with van der Waals surface area (Å²) < 4.78 is 10.9. The van der Waals surface area contributed by atoms with Gasteiger partial charge in [0.25, 0.3) is 0 Å². The van der Waals surface area contributed by atoms with Crippen LogP contribution in [0, 0.1) is 11.3 Å². The number of carbonyl (C=O) groups is 2. The molecule has 0 unspecified atom stereocenters. The normalized spacial score (nSPS) is 11.7. The van der Waals surface area contributed by atoms with E-state index < -0.39 is 17.7 Å². The number of rotatable bonds is 6. The Kier molecular flexibility index (Phi) is 7.21. The van der Waals surface area contributed by atoms with E-state index in [1.165, 1.54) is 0 Å². The lowest BCUT2D eigenvalue weighted by Crippen LogP contribution is -2.43. The number of carbonyl (C=O) groups excluding carboxylic acids is 2. The molecule has 0 saturated heterocycles. The predicted molar refractivity (Wildman–Crippen MR) is 109 cm³/mol. The van der Waals surface area contributed by atoms with Gasteiger partial charge in [0.05, 0.1) is 11.6 Å². The molecular weight excluding hydrogens is 370 g/mol. The molecule has 152 valence electrons. The molecule has 0 heterocycles. The SMILES string of the molecule is C[C@@H](NC(=O)OC(C)(C)C)C(=O)Nc1cccc(OCc2cccc(C#N)c2)c1. The minimum Gasteiger partial charge on any atom is -0.489 e. The summed E-state index contributed by atoms with van der Waals surface area (Å²) in [6.45, 7) is 7.11. The van der Waals surface area contributed by atoms with Crippen LogP contribution in [-0.4, -0.2) is 23.6 Å². The highest BCUT2D eigenvalue weighted by Gasteiger charge is 2.21. The Hall–Kier alpha value is -3.53. The van der Waals surface area contributed by atoms with Crippen molar-refractivity contribution in [2.24, 2.45) is 0 Å². The average Bonchev–Trinajstić information content (AvgIpc) is 2.65. The van der Waals surface area contributed by atoms with E-state index in [4.69, 9.17) is 14.7 Å². The van der Waals surface area contributed by atoms with Crippen molar-refractivity contribution in [1.29, 1.82) is 5.26 Å². The van der Waals surface area contributed by atoms with Gasteiger partial charge in [0, 0.05) is 11.8 Å². The monoisotopic (exact) mass is 395 g/mol. The summed E-state index contributed by atoms with van der Waals surface area (Å²) in [6, 6.07) is 15.4. The molecule has 0 aliphatic rings. The largest absolute Gasteiger partial charge is 0.489 e. The van der Waals surface area contributed by atoms with Gasteiger partial charge in [-0.15, -0.1) is 0 Å². The van der Waals surface area contributed by atoms with Gasteiger partial charge in [0.2, 0.25) is 5.91 Å². The van der Waals surface area contributed by atoms with Gasteiger partial charge in [-0.1, -0.05) is 18.2 Å². The van der Waals surface area contributed by atoms with Gasteiger partial charge >= 0.3 is 6.09 Å². The fraction of sp³-hybridized carbons (Fsp3) is 0.318. The van der Waals surface area contributed by atoms with E-state index in [-0.39, 0.29) is 5.91 Å². The zero-order chi connectivity index (χ0) is 21.4. The minimum absolute atomic E-state index is 0.295. The number of hydrogen-bond donors (Lipinski definition) is 2. The van der Waals surface area contributed by atoms with E-state index in [9.17, 15) is 9.59 Å². The average molecular weight is 395 g/mol. The molecule has 2 aromatic rings. The van der Waals surface area contributed by atoms with Crippen LogP contribution in [0.3, 0.4) is 0 Å². The lowest BCUT2D eigenvalue weighted by atomic mass is 10.1. The van der Waals surface area contributed by atoms with Crippen molar-refractivity contribution in [3.8, 4) is 11.8 Å². The molecule has 7 nitrogen and oxygen atoms in total. The van der Waals surface area contributed by atoms with Crippen LogP contribution in [0.2, 0.25) is 0 Å². The van der Waals surface area contributed by atoms with E-state index in [0.29, 0.717) is 23.6 Å². The molecule has 7 heteroatoms. The fourth-order valence-electron chi connectivity index (χ4n) is 2.36. The number of amides is 2. The van der Waals surface area contributed by atoms with E-state index in [1.54, 1.807) is 70.2 Å². The van der Waals surface area contributed by atoms with Crippen molar-refractivity contribution in [2.75, 3.05) is 5.32 Å². The molecule has 2 aromatic carbocycles. The van der Waals surface area contributed by atoms with Crippen molar-refractivity contribution in [2.45, 2.75) is 45.9 Å². The van der Waals surface area contributed by atoms with Crippen LogP contribution < -0.4 is 15.4 Å². The first kappa shape index (κ1) is 21.8. The van der Waals surface area contributed by atoms with Crippen molar-refractivity contribution in [3.63, 3.8) is 0 Å². The standard InChI is InChI=1S/C22H25N3O4/c1-15(24-21(27)29-22(2,3)4)20(26)25-18-9-6-10-19(12-18)28-14-17-8-5-7-16(11-17)13-23/h5-12,15H,14H2,1-4H3,(H,24,27)(H,25,26)/t15-/m1/s1. The van der Waals surface area contributed by atoms with Crippen LogP contribution in [0.25, 0.3) is 0 Å². The van der Waals surface area contributed by atoms with Crippen molar-refractivity contribution < 1.29 is 19.1 Å². The second-order valence-electron chi connectivity index (χ2n) is 7.49. The number of nitriles is 1. The van der Waals surface area contributed by atoms with Crippen LogP contribution >= 0.6 is 0 Å². The van der Waals surface area contributed by atoms with E-state index in [0.717, 1.165) is 5.56 Å². The highest BCUT2D eigenvalue weighted by Crippen LogP contribution is 2.19. The summed E-state index contributed by atoms with van der Waals surface area (Å²) in [7, 11) is 0. The van der Waals surface area contributed by atoms with Crippen molar-refractivity contribution in [1.82, 2.24) is 5.32 Å². The first-order valence-corrected chi connectivity index (χ1v) is 9.18. The molecule has 0 aliphatic heterocycles. The lowest BCUT2D eigenvalue weighted by Gasteiger charge is -2.21. The summed E-state index contributed by atoms with van der Waals surface area (Å²) in [5, 5.41) is 14.2. The zero-order valence-corrected chi connectivity index (χ0v) is 17.0. The van der Waals surface area contributed by atoms with Gasteiger partial charge in [-0.3, -0.25) is 4.79 Å². The smallest absolute Gasteiger partial charge is 0.408 e. The second kappa shape index (κ2) is 9.60. The maximum absolute atomic E-state index is 12.3. The van der Waals surface area contributed by atoms with E-state index >= 15 is 0 Å². The third-order valence-corrected chi connectivity index (χ3v) is 3.69. The summed E-state index contributed by atoms with van der Waals surface area (Å²) in [5.41, 5.74) is 1.34. The van der Waals surface area contributed by atoms with Gasteiger partial charge in [-0.2, -0.15) is 5.26 Å². The maximum atomic E-state index is 12.3. The molecule has 2 amide bonds. The molecule has 29 heavy (non-hydrogen) atoms. The number of nitrogens with one attached hydrogen (secondary N) is 2. The Morgan fingerprint density at radius 2 is 1.86 bits per heavy atom. The van der Waals surface area contributed by atoms with E-state index in [2.05, 4.69) is 16.7 Å². The van der Waals surface area contributed by atoms with Crippen LogP contribution in [-0.2, 0) is 16.1 Å². The second-order valence-corrected chi connectivity index (χ2v) is 7.49. The topological polar surface area (TPSA) is 100 Å². The number of benzene rings is 2. The maximum Gasteiger partial charge on any atom is 0.408 e. The number of ether oxygens (including phenoxy) is 2. The molecule has 2 rings (SSSR count). The number of anilines is 1. The van der Waals surface area contributed by atoms with Crippen LogP contribution in [0.5, 0.6) is 5.75 Å². The fourth-order valence-corrected chi connectivity index (χ4v) is 2.36. The molecule has 0 bridgehead atoms. The molecule has 0 aliphatic carbocycles. The van der Waals surface area contributed by atoms with Crippen LogP contribution in [0.15, 0.2) is 48.5 Å². The minimum atomic E-state index is -0.775. The Labute approximate surface area is 170 Å². The number of nitrogens with zero attached hydrogens (tertiary/aromatic N) is 1. The Morgan fingerprint density at radius 3 is 2.55 bits per heavy atom. The third-order valence-electron chi connectivity index (χ3n) is 3.69. The van der Waals surface area contributed by atoms with Gasteiger partial charge in [-0.25, -0.2) is 4.79 Å². The zero-order valence-electron chi connectivity index (χ0n) is 17.0.